The first-order chi connectivity index (χ1) is 10.1. The number of rotatable bonds is 10. The van der Waals surface area contributed by atoms with Crippen molar-refractivity contribution in [3.63, 3.8) is 0 Å². The molecule has 130 valence electrons. The zero-order valence-electron chi connectivity index (χ0n) is 15.3. The van der Waals surface area contributed by atoms with Gasteiger partial charge in [0.15, 0.2) is 5.41 Å². The van der Waals surface area contributed by atoms with E-state index in [9.17, 15) is 14.7 Å². The van der Waals surface area contributed by atoms with Gasteiger partial charge in [0.1, 0.15) is 6.10 Å². The van der Waals surface area contributed by atoms with E-state index in [4.69, 9.17) is 4.74 Å². The fraction of sp³-hybridized carbons (Fsp3) is 0.889. The molecule has 0 rings (SSSR count). The van der Waals surface area contributed by atoms with E-state index in [0.717, 1.165) is 25.7 Å². The smallest absolute Gasteiger partial charge is 0.324 e. The maximum Gasteiger partial charge on any atom is 0.324 e. The van der Waals surface area contributed by atoms with E-state index in [-0.39, 0.29) is 17.9 Å². The number of ether oxygens (including phenoxy) is 1. The number of esters is 1. The molecule has 0 amide bonds. The molecular formula is C18H34O4. The third-order valence-corrected chi connectivity index (χ3v) is 4.55. The molecule has 1 N–H and O–H groups in total. The summed E-state index contributed by atoms with van der Waals surface area (Å²) in [7, 11) is 0. The van der Waals surface area contributed by atoms with Gasteiger partial charge in [-0.1, -0.05) is 54.9 Å². The fourth-order valence-electron chi connectivity index (χ4n) is 3.07. The Balaban J connectivity index is 5.04. The van der Waals surface area contributed by atoms with Crippen LogP contribution in [0.15, 0.2) is 0 Å². The molecule has 0 heterocycles. The molecule has 0 saturated heterocycles. The van der Waals surface area contributed by atoms with Crippen molar-refractivity contribution < 1.29 is 19.4 Å². The third kappa shape index (κ3) is 4.99. The van der Waals surface area contributed by atoms with Gasteiger partial charge in [-0.2, -0.15) is 0 Å². The monoisotopic (exact) mass is 314 g/mol. The molecule has 1 atom stereocenters. The molecule has 0 aromatic carbocycles. The molecule has 4 nitrogen and oxygen atoms in total. The van der Waals surface area contributed by atoms with Crippen molar-refractivity contribution in [2.24, 2.45) is 23.2 Å². The average Bonchev–Trinajstić information content (AvgIpc) is 2.36. The van der Waals surface area contributed by atoms with Gasteiger partial charge in [-0.05, 0) is 37.0 Å². The highest BCUT2D eigenvalue weighted by Crippen LogP contribution is 2.38. The zero-order valence-corrected chi connectivity index (χ0v) is 15.3. The van der Waals surface area contributed by atoms with Crippen LogP contribution in [0.25, 0.3) is 0 Å². The summed E-state index contributed by atoms with van der Waals surface area (Å²) in [6, 6.07) is 0. The second kappa shape index (κ2) is 9.16. The van der Waals surface area contributed by atoms with Crippen molar-refractivity contribution in [1.82, 2.24) is 0 Å². The fourth-order valence-corrected chi connectivity index (χ4v) is 3.07. The topological polar surface area (TPSA) is 63.6 Å². The van der Waals surface area contributed by atoms with Gasteiger partial charge in [-0.15, -0.1) is 0 Å². The van der Waals surface area contributed by atoms with Crippen LogP contribution in [0.2, 0.25) is 0 Å². The molecule has 0 radical (unpaired) electrons. The van der Waals surface area contributed by atoms with Crippen LogP contribution in [0.5, 0.6) is 0 Å². The van der Waals surface area contributed by atoms with Crippen LogP contribution in [-0.2, 0) is 14.3 Å². The van der Waals surface area contributed by atoms with Crippen LogP contribution in [0.4, 0.5) is 0 Å². The number of hydrogen-bond donors (Lipinski definition) is 1. The van der Waals surface area contributed by atoms with Gasteiger partial charge in [0, 0.05) is 0 Å². The molecule has 0 aliphatic heterocycles. The molecule has 0 fully saturated rings. The Hall–Kier alpha value is -1.06. The Labute approximate surface area is 135 Å². The van der Waals surface area contributed by atoms with Crippen LogP contribution in [-0.4, -0.2) is 23.1 Å². The Morgan fingerprint density at radius 3 is 1.82 bits per heavy atom. The molecule has 22 heavy (non-hydrogen) atoms. The number of carbonyl (C=O) groups excluding carboxylic acids is 1. The molecule has 0 aliphatic rings. The van der Waals surface area contributed by atoms with Gasteiger partial charge < -0.3 is 9.84 Å². The van der Waals surface area contributed by atoms with E-state index in [1.165, 1.54) is 0 Å². The number of hydrogen-bond acceptors (Lipinski definition) is 3. The van der Waals surface area contributed by atoms with E-state index in [1.54, 1.807) is 27.7 Å². The summed E-state index contributed by atoms with van der Waals surface area (Å²) in [6.07, 6.45) is 3.41. The molecule has 1 unspecified atom stereocenters. The molecule has 0 saturated carbocycles. The molecule has 0 aromatic heterocycles. The number of carboxylic acids is 1. The second-order valence-corrected chi connectivity index (χ2v) is 7.24. The van der Waals surface area contributed by atoms with E-state index < -0.39 is 17.4 Å². The number of carbonyl (C=O) groups is 2. The zero-order chi connectivity index (χ0) is 17.5. The molecule has 0 spiro atoms. The highest BCUT2D eigenvalue weighted by molar-refractivity contribution is 5.99. The summed E-state index contributed by atoms with van der Waals surface area (Å²) in [4.78, 5) is 24.5. The first-order valence-electron chi connectivity index (χ1n) is 8.54. The highest BCUT2D eigenvalue weighted by atomic mass is 16.5. The number of carboxylic acid groups (broad SMARTS) is 1. The van der Waals surface area contributed by atoms with E-state index >= 15 is 0 Å². The van der Waals surface area contributed by atoms with Gasteiger partial charge in [0.2, 0.25) is 0 Å². The molecule has 0 aromatic rings. The molecule has 0 bridgehead atoms. The summed E-state index contributed by atoms with van der Waals surface area (Å²) in [6.45, 7) is 13.4. The maximum atomic E-state index is 12.7. The number of aliphatic carboxylic acids is 1. The van der Waals surface area contributed by atoms with Crippen molar-refractivity contribution in [1.29, 1.82) is 0 Å². The van der Waals surface area contributed by atoms with Gasteiger partial charge in [0.05, 0.1) is 0 Å². The normalized spacial score (nSPS) is 13.7. The Morgan fingerprint density at radius 2 is 1.50 bits per heavy atom. The Bertz CT molecular complexity index is 350. The Morgan fingerprint density at radius 1 is 1.00 bits per heavy atom. The van der Waals surface area contributed by atoms with Gasteiger partial charge in [-0.3, -0.25) is 9.59 Å². The van der Waals surface area contributed by atoms with Crippen LogP contribution < -0.4 is 0 Å². The van der Waals surface area contributed by atoms with Crippen molar-refractivity contribution in [3.05, 3.63) is 0 Å². The minimum atomic E-state index is -1.47. The molecule has 0 aliphatic carbocycles. The summed E-state index contributed by atoms with van der Waals surface area (Å²) < 4.78 is 5.61. The van der Waals surface area contributed by atoms with Crippen LogP contribution in [0.1, 0.15) is 74.1 Å². The minimum Gasteiger partial charge on any atom is -0.480 e. The summed E-state index contributed by atoms with van der Waals surface area (Å²) in [5, 5.41) is 9.67. The Kier molecular flexibility index (Phi) is 8.72. The maximum absolute atomic E-state index is 12.7. The van der Waals surface area contributed by atoms with Crippen molar-refractivity contribution in [2.75, 3.05) is 0 Å². The van der Waals surface area contributed by atoms with E-state index in [1.807, 2.05) is 6.92 Å². The highest BCUT2D eigenvalue weighted by Gasteiger charge is 2.53. The van der Waals surface area contributed by atoms with Crippen LogP contribution in [0.3, 0.4) is 0 Å². The lowest BCUT2D eigenvalue weighted by Crippen LogP contribution is -2.50. The largest absolute Gasteiger partial charge is 0.480 e. The molecular weight excluding hydrogens is 280 g/mol. The predicted octanol–water partition coefficient (Wildman–Crippen LogP) is 4.52. The average molecular weight is 314 g/mol. The molecule has 4 heteroatoms. The lowest BCUT2D eigenvalue weighted by atomic mass is 9.69. The lowest BCUT2D eigenvalue weighted by Gasteiger charge is -2.35. The quantitative estimate of drug-likeness (QED) is 0.476. The first kappa shape index (κ1) is 20.9. The summed E-state index contributed by atoms with van der Waals surface area (Å²) in [5.41, 5.74) is -1.47. The van der Waals surface area contributed by atoms with Crippen LogP contribution in [0, 0.1) is 23.2 Å². The van der Waals surface area contributed by atoms with E-state index in [0.29, 0.717) is 5.92 Å². The second-order valence-electron chi connectivity index (χ2n) is 7.24. The van der Waals surface area contributed by atoms with Gasteiger partial charge in [-0.25, -0.2) is 0 Å². The standard InChI is InChI=1S/C18H34O4/c1-8-15(11-9-10-12(2)3)22-17(21)18(13(4)5,14(6)7)16(19)20/h12-15H,8-11H2,1-7H3,(H,19,20). The van der Waals surface area contributed by atoms with Crippen molar-refractivity contribution >= 4 is 11.9 Å². The van der Waals surface area contributed by atoms with Gasteiger partial charge in [0.25, 0.3) is 0 Å². The minimum absolute atomic E-state index is 0.192. The summed E-state index contributed by atoms with van der Waals surface area (Å²) in [5.74, 6) is -1.67. The van der Waals surface area contributed by atoms with Crippen molar-refractivity contribution in [2.45, 2.75) is 80.3 Å². The lowest BCUT2D eigenvalue weighted by molar-refractivity contribution is -0.181. The third-order valence-electron chi connectivity index (χ3n) is 4.55. The van der Waals surface area contributed by atoms with Crippen LogP contribution >= 0.6 is 0 Å². The van der Waals surface area contributed by atoms with Crippen molar-refractivity contribution in [3.8, 4) is 0 Å². The van der Waals surface area contributed by atoms with E-state index in [2.05, 4.69) is 13.8 Å². The summed E-state index contributed by atoms with van der Waals surface area (Å²) >= 11 is 0. The van der Waals surface area contributed by atoms with Gasteiger partial charge >= 0.3 is 11.9 Å². The first-order valence-corrected chi connectivity index (χ1v) is 8.54. The predicted molar refractivity (Wildman–Crippen MR) is 88.6 cm³/mol. The SMILES string of the molecule is CCC(CCCC(C)C)OC(=O)C(C(=O)O)(C(C)C)C(C)C.